The highest BCUT2D eigenvalue weighted by Gasteiger charge is 2.41. The van der Waals surface area contributed by atoms with Crippen LogP contribution in [0.5, 0.6) is 0 Å². The zero-order valence-corrected chi connectivity index (χ0v) is 18.6. The zero-order chi connectivity index (χ0) is 27.1. The first-order valence-electron chi connectivity index (χ1n) is 10.6. The van der Waals surface area contributed by atoms with Crippen molar-refractivity contribution in [1.82, 2.24) is 4.90 Å². The number of piperidine rings is 1. The molecule has 2 atom stereocenters. The van der Waals surface area contributed by atoms with Crippen LogP contribution in [0, 0.1) is 0 Å². The Balaban J connectivity index is 2.10. The van der Waals surface area contributed by atoms with E-state index in [1.807, 2.05) is 0 Å². The van der Waals surface area contributed by atoms with Crippen LogP contribution in [0.15, 0.2) is 54.1 Å². The molecule has 1 N–H and O–H groups in total. The summed E-state index contributed by atoms with van der Waals surface area (Å²) in [5.74, 6) is -1.27. The van der Waals surface area contributed by atoms with E-state index >= 15 is 0 Å². The Hall–Kier alpha value is -3.02. The molecule has 0 aromatic heterocycles. The second kappa shape index (κ2) is 9.79. The fraction of sp³-hybridized carbons (Fsp3) is 0.375. The van der Waals surface area contributed by atoms with E-state index in [4.69, 9.17) is 5.11 Å². The average molecular weight is 525 g/mol. The number of carboxylic acids is 1. The van der Waals surface area contributed by atoms with Crippen LogP contribution in [0.25, 0.3) is 0 Å². The average Bonchev–Trinajstić information content (AvgIpc) is 2.76. The maximum absolute atomic E-state index is 13.7. The Morgan fingerprint density at radius 3 is 1.97 bits per heavy atom. The molecule has 196 valence electrons. The van der Waals surface area contributed by atoms with Crippen LogP contribution >= 0.6 is 0 Å². The highest BCUT2D eigenvalue weighted by molar-refractivity contribution is 5.80. The van der Waals surface area contributed by atoms with Gasteiger partial charge < -0.3 is 5.11 Å². The standard InChI is InChI=1S/C24H20F9NO2/c1-13(18-12-17(23(28,29)30)6-7-19(18)24(31,32)33)34-9-8-14(11-21(35)36)10-20(34)15-2-4-16(5-3-15)22(25,26)27/h2-7,11-13,20H,8-10H2,1H3,(H,35,36)/t13-,20-/m0/s1. The summed E-state index contributed by atoms with van der Waals surface area (Å²) < 4.78 is 120. The number of hydrogen-bond acceptors (Lipinski definition) is 2. The lowest BCUT2D eigenvalue weighted by Crippen LogP contribution is -2.37. The maximum atomic E-state index is 13.7. The third kappa shape index (κ3) is 6.21. The molecule has 2 aromatic carbocycles. The lowest BCUT2D eigenvalue weighted by atomic mass is 9.87. The molecule has 0 radical (unpaired) electrons. The van der Waals surface area contributed by atoms with Crippen LogP contribution in [0.2, 0.25) is 0 Å². The number of halogens is 9. The van der Waals surface area contributed by atoms with E-state index in [-0.39, 0.29) is 24.9 Å². The largest absolute Gasteiger partial charge is 0.478 e. The minimum Gasteiger partial charge on any atom is -0.478 e. The second-order valence-corrected chi connectivity index (χ2v) is 8.44. The third-order valence-corrected chi connectivity index (χ3v) is 6.13. The number of alkyl halides is 9. The lowest BCUT2D eigenvalue weighted by molar-refractivity contribution is -0.142. The first-order chi connectivity index (χ1) is 16.5. The predicted octanol–water partition coefficient (Wildman–Crippen LogP) is 7.65. The van der Waals surface area contributed by atoms with Crippen molar-refractivity contribution in [1.29, 1.82) is 0 Å². The molecular formula is C24H20F9NO2. The van der Waals surface area contributed by atoms with Gasteiger partial charge in [-0.15, -0.1) is 0 Å². The Kier molecular flexibility index (Phi) is 7.50. The van der Waals surface area contributed by atoms with Gasteiger partial charge >= 0.3 is 24.5 Å². The van der Waals surface area contributed by atoms with Gasteiger partial charge in [0.1, 0.15) is 0 Å². The van der Waals surface area contributed by atoms with Gasteiger partial charge in [-0.05, 0) is 61.2 Å². The van der Waals surface area contributed by atoms with Gasteiger partial charge in [0.15, 0.2) is 0 Å². The molecule has 1 aliphatic heterocycles. The van der Waals surface area contributed by atoms with Crippen LogP contribution in [0.3, 0.4) is 0 Å². The van der Waals surface area contributed by atoms with Crippen molar-refractivity contribution < 1.29 is 49.4 Å². The summed E-state index contributed by atoms with van der Waals surface area (Å²) >= 11 is 0. The van der Waals surface area contributed by atoms with Gasteiger partial charge in [-0.25, -0.2) is 4.79 Å². The Morgan fingerprint density at radius 2 is 1.47 bits per heavy atom. The summed E-state index contributed by atoms with van der Waals surface area (Å²) in [5, 5.41) is 9.09. The Labute approximate surface area is 199 Å². The van der Waals surface area contributed by atoms with Crippen molar-refractivity contribution in [2.75, 3.05) is 6.54 Å². The molecule has 1 aliphatic rings. The van der Waals surface area contributed by atoms with E-state index in [0.717, 1.165) is 30.3 Å². The van der Waals surface area contributed by atoms with Crippen molar-refractivity contribution in [3.8, 4) is 0 Å². The van der Waals surface area contributed by atoms with E-state index in [9.17, 15) is 44.3 Å². The summed E-state index contributed by atoms with van der Waals surface area (Å²) in [7, 11) is 0. The van der Waals surface area contributed by atoms with Gasteiger partial charge in [0.2, 0.25) is 0 Å². The van der Waals surface area contributed by atoms with Crippen molar-refractivity contribution in [2.45, 2.75) is 50.4 Å². The normalized spacial score (nSPS) is 19.9. The smallest absolute Gasteiger partial charge is 0.416 e. The number of carboxylic acid groups (broad SMARTS) is 1. The Morgan fingerprint density at radius 1 is 0.917 bits per heavy atom. The number of nitrogens with zero attached hydrogens (tertiary/aromatic N) is 1. The number of hydrogen-bond donors (Lipinski definition) is 1. The molecule has 36 heavy (non-hydrogen) atoms. The molecule has 0 unspecified atom stereocenters. The fourth-order valence-electron chi connectivity index (χ4n) is 4.39. The van der Waals surface area contributed by atoms with Gasteiger partial charge in [0, 0.05) is 24.7 Å². The fourth-order valence-corrected chi connectivity index (χ4v) is 4.39. The van der Waals surface area contributed by atoms with Crippen molar-refractivity contribution >= 4 is 5.97 Å². The van der Waals surface area contributed by atoms with Gasteiger partial charge in [-0.2, -0.15) is 39.5 Å². The highest BCUT2D eigenvalue weighted by atomic mass is 19.4. The molecule has 0 aliphatic carbocycles. The highest BCUT2D eigenvalue weighted by Crippen LogP contribution is 2.45. The summed E-state index contributed by atoms with van der Waals surface area (Å²) in [4.78, 5) is 12.6. The predicted molar refractivity (Wildman–Crippen MR) is 111 cm³/mol. The van der Waals surface area contributed by atoms with Crippen LogP contribution < -0.4 is 0 Å². The number of aliphatic carboxylic acids is 1. The summed E-state index contributed by atoms with van der Waals surface area (Å²) in [6.07, 6.45) is -13.5. The van der Waals surface area contributed by atoms with Crippen molar-refractivity contribution in [2.24, 2.45) is 0 Å². The van der Waals surface area contributed by atoms with Crippen molar-refractivity contribution in [3.05, 3.63) is 81.9 Å². The molecule has 1 saturated heterocycles. The lowest BCUT2D eigenvalue weighted by Gasteiger charge is -2.42. The summed E-state index contributed by atoms with van der Waals surface area (Å²) in [5.41, 5.74) is -3.48. The van der Waals surface area contributed by atoms with Crippen molar-refractivity contribution in [3.63, 3.8) is 0 Å². The molecule has 0 saturated carbocycles. The molecule has 3 nitrogen and oxygen atoms in total. The van der Waals surface area contributed by atoms with E-state index in [0.29, 0.717) is 23.8 Å². The van der Waals surface area contributed by atoms with Gasteiger partial charge in [-0.1, -0.05) is 17.7 Å². The number of rotatable bonds is 4. The van der Waals surface area contributed by atoms with E-state index in [2.05, 4.69) is 0 Å². The van der Waals surface area contributed by atoms with Crippen LogP contribution in [0.1, 0.15) is 59.7 Å². The minimum atomic E-state index is -4.96. The van der Waals surface area contributed by atoms with E-state index in [1.165, 1.54) is 11.8 Å². The molecule has 0 spiro atoms. The van der Waals surface area contributed by atoms with Crippen LogP contribution in [-0.4, -0.2) is 22.5 Å². The first-order valence-corrected chi connectivity index (χ1v) is 10.6. The zero-order valence-electron chi connectivity index (χ0n) is 18.6. The quantitative estimate of drug-likeness (QED) is 0.329. The van der Waals surface area contributed by atoms with Gasteiger partial charge in [-0.3, -0.25) is 4.90 Å². The monoisotopic (exact) mass is 525 g/mol. The SMILES string of the molecule is C[C@@H](c1cc(C(F)(F)F)ccc1C(F)(F)F)N1CCC(=CC(=O)O)C[C@H]1c1ccc(C(F)(F)F)cc1. The minimum absolute atomic E-state index is 0.0283. The number of benzene rings is 2. The second-order valence-electron chi connectivity index (χ2n) is 8.44. The first kappa shape index (κ1) is 27.6. The molecule has 2 aromatic rings. The topological polar surface area (TPSA) is 40.5 Å². The van der Waals surface area contributed by atoms with E-state index in [1.54, 1.807) is 0 Å². The van der Waals surface area contributed by atoms with Gasteiger partial charge in [0.25, 0.3) is 0 Å². The molecule has 1 fully saturated rings. The number of carbonyl (C=O) groups is 1. The summed E-state index contributed by atoms with van der Waals surface area (Å²) in [6, 6.07) is 2.87. The molecule has 1 heterocycles. The number of likely N-dealkylation sites (tertiary alicyclic amines) is 1. The summed E-state index contributed by atoms with van der Waals surface area (Å²) in [6.45, 7) is 1.26. The molecular weight excluding hydrogens is 505 g/mol. The maximum Gasteiger partial charge on any atom is 0.416 e. The molecule has 12 heteroatoms. The third-order valence-electron chi connectivity index (χ3n) is 6.13. The molecule has 3 rings (SSSR count). The van der Waals surface area contributed by atoms with E-state index < -0.39 is 58.8 Å². The van der Waals surface area contributed by atoms with Crippen LogP contribution in [0.4, 0.5) is 39.5 Å². The molecule has 0 bridgehead atoms. The molecule has 0 amide bonds. The van der Waals surface area contributed by atoms with Crippen LogP contribution in [-0.2, 0) is 23.3 Å². The van der Waals surface area contributed by atoms with Gasteiger partial charge in [0.05, 0.1) is 16.7 Å². The Bertz CT molecular complexity index is 1130.